The van der Waals surface area contributed by atoms with Crippen LogP contribution in [0.15, 0.2) is 72.1 Å². The molecule has 2 aromatic carbocycles. The van der Waals surface area contributed by atoms with Gasteiger partial charge in [0.15, 0.2) is 0 Å². The van der Waals surface area contributed by atoms with E-state index in [0.717, 1.165) is 21.7 Å². The number of nitrogens with zero attached hydrogens (tertiary/aromatic N) is 2. The summed E-state index contributed by atoms with van der Waals surface area (Å²) in [6, 6.07) is 21.0. The number of aryl methyl sites for hydroxylation is 1. The van der Waals surface area contributed by atoms with Gasteiger partial charge in [0, 0.05) is 31.9 Å². The molecule has 1 atom stereocenters. The van der Waals surface area contributed by atoms with Crippen molar-refractivity contribution in [2.75, 3.05) is 31.5 Å². The molecule has 3 aromatic rings. The molecule has 2 amide bonds. The minimum Gasteiger partial charge on any atom is -0.335 e. The van der Waals surface area contributed by atoms with Gasteiger partial charge < -0.3 is 10.2 Å². The third kappa shape index (κ3) is 4.61. The summed E-state index contributed by atoms with van der Waals surface area (Å²) < 4.78 is 0. The van der Waals surface area contributed by atoms with Crippen molar-refractivity contribution >= 4 is 28.8 Å². The number of carbonyl (C=O) groups excluding carboxylic acids is 2. The minimum atomic E-state index is -0.397. The highest BCUT2D eigenvalue weighted by atomic mass is 32.1. The summed E-state index contributed by atoms with van der Waals surface area (Å²) in [5, 5.41) is 4.98. The van der Waals surface area contributed by atoms with Gasteiger partial charge in [-0.1, -0.05) is 54.1 Å². The topological polar surface area (TPSA) is 52.7 Å². The quantitative estimate of drug-likeness (QED) is 0.675. The first-order chi connectivity index (χ1) is 14.6. The number of rotatable bonds is 5. The molecular weight excluding hydrogens is 394 g/mol. The average molecular weight is 420 g/mol. The predicted octanol–water partition coefficient (Wildman–Crippen LogP) is 4.19. The van der Waals surface area contributed by atoms with Crippen LogP contribution in [0.1, 0.15) is 26.8 Å². The molecule has 1 fully saturated rings. The van der Waals surface area contributed by atoms with Crippen LogP contribution in [-0.4, -0.2) is 47.8 Å². The monoisotopic (exact) mass is 419 g/mol. The number of amides is 2. The minimum absolute atomic E-state index is 0.0527. The summed E-state index contributed by atoms with van der Waals surface area (Å²) in [6.45, 7) is 4.54. The molecule has 1 unspecified atom stereocenters. The van der Waals surface area contributed by atoms with Crippen LogP contribution in [0.2, 0.25) is 0 Å². The highest BCUT2D eigenvalue weighted by molar-refractivity contribution is 7.12. The van der Waals surface area contributed by atoms with E-state index in [1.165, 1.54) is 11.3 Å². The maximum Gasteiger partial charge on any atom is 0.264 e. The zero-order valence-electron chi connectivity index (χ0n) is 17.0. The summed E-state index contributed by atoms with van der Waals surface area (Å²) in [7, 11) is 0. The second-order valence-electron chi connectivity index (χ2n) is 7.47. The van der Waals surface area contributed by atoms with Gasteiger partial charge >= 0.3 is 0 Å². The summed E-state index contributed by atoms with van der Waals surface area (Å²) in [4.78, 5) is 30.7. The van der Waals surface area contributed by atoms with E-state index in [-0.39, 0.29) is 11.8 Å². The van der Waals surface area contributed by atoms with Gasteiger partial charge in [0.05, 0.1) is 4.88 Å². The smallest absolute Gasteiger partial charge is 0.264 e. The summed E-state index contributed by atoms with van der Waals surface area (Å²) in [6.07, 6.45) is 0. The Morgan fingerprint density at radius 3 is 2.23 bits per heavy atom. The zero-order chi connectivity index (χ0) is 20.9. The van der Waals surface area contributed by atoms with Gasteiger partial charge in [-0.05, 0) is 36.1 Å². The lowest BCUT2D eigenvalue weighted by atomic mass is 10.0. The van der Waals surface area contributed by atoms with Gasteiger partial charge in [0.1, 0.15) is 6.04 Å². The molecule has 1 N–H and O–H groups in total. The van der Waals surface area contributed by atoms with Crippen molar-refractivity contribution < 1.29 is 9.59 Å². The molecule has 30 heavy (non-hydrogen) atoms. The fourth-order valence-electron chi connectivity index (χ4n) is 3.75. The molecule has 0 radical (unpaired) electrons. The van der Waals surface area contributed by atoms with Crippen LogP contribution in [0.5, 0.6) is 0 Å². The Morgan fingerprint density at radius 1 is 0.900 bits per heavy atom. The van der Waals surface area contributed by atoms with Gasteiger partial charge in [-0.25, -0.2) is 0 Å². The molecule has 1 aliphatic heterocycles. The zero-order valence-corrected chi connectivity index (χ0v) is 17.8. The van der Waals surface area contributed by atoms with Crippen molar-refractivity contribution in [2.45, 2.75) is 13.0 Å². The molecule has 0 saturated carbocycles. The van der Waals surface area contributed by atoms with E-state index in [9.17, 15) is 9.59 Å². The van der Waals surface area contributed by atoms with Gasteiger partial charge in [0.25, 0.3) is 5.91 Å². The standard InChI is InChI=1S/C24H25N3O2S/c1-18-9-11-20(12-10-18)25-23(28)22(19-6-3-2-4-7-19)26-13-15-27(16-14-26)24(29)21-8-5-17-30-21/h2-12,17,22H,13-16H2,1H3,(H,25,28). The first-order valence-corrected chi connectivity index (χ1v) is 11.0. The Balaban J connectivity index is 1.49. The van der Waals surface area contributed by atoms with E-state index in [2.05, 4.69) is 10.2 Å². The Labute approximate surface area is 180 Å². The fraction of sp³-hybridized carbons (Fsp3) is 0.250. The van der Waals surface area contributed by atoms with E-state index in [4.69, 9.17) is 0 Å². The molecule has 0 bridgehead atoms. The molecule has 2 heterocycles. The van der Waals surface area contributed by atoms with Crippen molar-refractivity contribution in [3.05, 3.63) is 88.1 Å². The second-order valence-corrected chi connectivity index (χ2v) is 8.42. The SMILES string of the molecule is Cc1ccc(NC(=O)C(c2ccccc2)N2CCN(C(=O)c3cccs3)CC2)cc1. The molecule has 6 heteroatoms. The molecule has 1 saturated heterocycles. The number of carbonyl (C=O) groups is 2. The van der Waals surface area contributed by atoms with Gasteiger partial charge in [-0.15, -0.1) is 11.3 Å². The number of piperazine rings is 1. The van der Waals surface area contributed by atoms with Crippen LogP contribution >= 0.6 is 11.3 Å². The van der Waals surface area contributed by atoms with Crippen molar-refractivity contribution in [1.29, 1.82) is 0 Å². The second kappa shape index (κ2) is 9.24. The van der Waals surface area contributed by atoms with E-state index >= 15 is 0 Å². The lowest BCUT2D eigenvalue weighted by Crippen LogP contribution is -2.51. The Kier molecular flexibility index (Phi) is 6.26. The molecule has 0 spiro atoms. The van der Waals surface area contributed by atoms with Crippen LogP contribution < -0.4 is 5.32 Å². The number of thiophene rings is 1. The number of hydrogen-bond donors (Lipinski definition) is 1. The Hall–Kier alpha value is -2.96. The fourth-order valence-corrected chi connectivity index (χ4v) is 4.44. The molecule has 5 nitrogen and oxygen atoms in total. The Bertz CT molecular complexity index is 979. The average Bonchev–Trinajstić information content (AvgIpc) is 3.31. The molecule has 154 valence electrons. The number of nitrogens with one attached hydrogen (secondary N) is 1. The number of anilines is 1. The Morgan fingerprint density at radius 2 is 1.60 bits per heavy atom. The summed E-state index contributed by atoms with van der Waals surface area (Å²) in [5.41, 5.74) is 2.90. The summed E-state index contributed by atoms with van der Waals surface area (Å²) >= 11 is 1.47. The van der Waals surface area contributed by atoms with E-state index in [1.807, 2.05) is 83.9 Å². The predicted molar refractivity (Wildman–Crippen MR) is 121 cm³/mol. The third-order valence-electron chi connectivity index (χ3n) is 5.38. The van der Waals surface area contributed by atoms with Gasteiger partial charge in [0.2, 0.25) is 5.91 Å². The lowest BCUT2D eigenvalue weighted by Gasteiger charge is -2.38. The van der Waals surface area contributed by atoms with Crippen LogP contribution in [0, 0.1) is 6.92 Å². The number of benzene rings is 2. The molecule has 1 aliphatic rings. The van der Waals surface area contributed by atoms with Crippen molar-refractivity contribution in [2.24, 2.45) is 0 Å². The molecule has 4 rings (SSSR count). The first kappa shape index (κ1) is 20.3. The largest absolute Gasteiger partial charge is 0.335 e. The molecule has 1 aromatic heterocycles. The van der Waals surface area contributed by atoms with E-state index in [1.54, 1.807) is 0 Å². The van der Waals surface area contributed by atoms with E-state index in [0.29, 0.717) is 26.2 Å². The maximum atomic E-state index is 13.3. The maximum absolute atomic E-state index is 13.3. The third-order valence-corrected chi connectivity index (χ3v) is 6.24. The van der Waals surface area contributed by atoms with Crippen LogP contribution in [0.3, 0.4) is 0 Å². The first-order valence-electron chi connectivity index (χ1n) is 10.1. The van der Waals surface area contributed by atoms with Gasteiger partial charge in [-0.3, -0.25) is 14.5 Å². The lowest BCUT2D eigenvalue weighted by molar-refractivity contribution is -0.122. The normalized spacial score (nSPS) is 15.6. The highest BCUT2D eigenvalue weighted by Crippen LogP contribution is 2.25. The molecule has 0 aliphatic carbocycles. The van der Waals surface area contributed by atoms with E-state index < -0.39 is 6.04 Å². The van der Waals surface area contributed by atoms with Crippen LogP contribution in [0.25, 0.3) is 0 Å². The van der Waals surface area contributed by atoms with Crippen molar-refractivity contribution in [3.63, 3.8) is 0 Å². The molecular formula is C24H25N3O2S. The van der Waals surface area contributed by atoms with Crippen molar-refractivity contribution in [1.82, 2.24) is 9.80 Å². The summed E-state index contributed by atoms with van der Waals surface area (Å²) in [5.74, 6) is 0.0214. The number of hydrogen-bond acceptors (Lipinski definition) is 4. The highest BCUT2D eigenvalue weighted by Gasteiger charge is 2.32. The van der Waals surface area contributed by atoms with Gasteiger partial charge in [-0.2, -0.15) is 0 Å². The van der Waals surface area contributed by atoms with Crippen LogP contribution in [-0.2, 0) is 4.79 Å². The van der Waals surface area contributed by atoms with Crippen LogP contribution in [0.4, 0.5) is 5.69 Å². The van der Waals surface area contributed by atoms with Crippen molar-refractivity contribution in [3.8, 4) is 0 Å².